The molecule has 0 spiro atoms. The van der Waals surface area contributed by atoms with E-state index in [9.17, 15) is 0 Å². The summed E-state index contributed by atoms with van der Waals surface area (Å²) in [6.07, 6.45) is 6.71. The summed E-state index contributed by atoms with van der Waals surface area (Å²) in [5.74, 6) is 1.85. The molecule has 0 radical (unpaired) electrons. The quantitative estimate of drug-likeness (QED) is 0.374. The molecule has 0 fully saturated rings. The molecule has 0 saturated heterocycles. The van der Waals surface area contributed by atoms with Crippen LogP contribution in [0.15, 0.2) is 42.6 Å². The fraction of sp³-hybridized carbons (Fsp3) is 0.586. The maximum atomic E-state index is 5.18. The highest BCUT2D eigenvalue weighted by Crippen LogP contribution is 2.35. The molecule has 1 unspecified atom stereocenters. The van der Waals surface area contributed by atoms with Crippen LogP contribution in [0, 0.1) is 11.3 Å². The van der Waals surface area contributed by atoms with Crippen molar-refractivity contribution in [3.63, 3.8) is 0 Å². The first kappa shape index (κ1) is 24.9. The summed E-state index contributed by atoms with van der Waals surface area (Å²) in [6, 6.07) is 13.4. The maximum absolute atomic E-state index is 5.18. The molecular formula is C29H43N5. The molecule has 1 atom stereocenters. The number of fused-ring (bicyclic) bond motifs is 2. The Balaban J connectivity index is 1.70. The van der Waals surface area contributed by atoms with Gasteiger partial charge in [0, 0.05) is 19.3 Å². The lowest BCUT2D eigenvalue weighted by Crippen LogP contribution is -2.36. The van der Waals surface area contributed by atoms with Gasteiger partial charge in [-0.3, -0.25) is 9.88 Å². The van der Waals surface area contributed by atoms with E-state index >= 15 is 0 Å². The minimum atomic E-state index is 0.142. The van der Waals surface area contributed by atoms with Crippen LogP contribution in [0.25, 0.3) is 11.0 Å². The van der Waals surface area contributed by atoms with Crippen molar-refractivity contribution in [1.82, 2.24) is 24.3 Å². The average molecular weight is 462 g/mol. The normalized spacial score (nSPS) is 16.7. The van der Waals surface area contributed by atoms with Crippen LogP contribution in [0.1, 0.15) is 70.1 Å². The largest absolute Gasteiger partial charge is 0.326 e. The molecule has 0 bridgehead atoms. The number of para-hydroxylation sites is 2. The van der Waals surface area contributed by atoms with Crippen molar-refractivity contribution in [2.24, 2.45) is 11.3 Å². The number of pyridine rings is 1. The fourth-order valence-corrected chi connectivity index (χ4v) is 5.65. The summed E-state index contributed by atoms with van der Waals surface area (Å²) in [5.41, 5.74) is 5.20. The number of benzene rings is 1. The number of imidazole rings is 1. The van der Waals surface area contributed by atoms with E-state index in [1.54, 1.807) is 0 Å². The third-order valence-electron chi connectivity index (χ3n) is 7.01. The molecule has 34 heavy (non-hydrogen) atoms. The number of hydrogen-bond donors (Lipinski definition) is 0. The monoisotopic (exact) mass is 461 g/mol. The van der Waals surface area contributed by atoms with Crippen LogP contribution in [0.4, 0.5) is 0 Å². The molecule has 184 valence electrons. The second kappa shape index (κ2) is 10.6. The lowest BCUT2D eigenvalue weighted by molar-refractivity contribution is 0.148. The zero-order chi connectivity index (χ0) is 24.3. The van der Waals surface area contributed by atoms with E-state index in [1.807, 2.05) is 6.20 Å². The van der Waals surface area contributed by atoms with Gasteiger partial charge in [0.25, 0.3) is 0 Å². The lowest BCUT2D eigenvalue weighted by Gasteiger charge is -2.36. The Morgan fingerprint density at radius 1 is 1.12 bits per heavy atom. The van der Waals surface area contributed by atoms with E-state index in [0.717, 1.165) is 38.1 Å². The second-order valence-electron chi connectivity index (χ2n) is 11.6. The highest BCUT2D eigenvalue weighted by atomic mass is 15.2. The standard InChI is InChI=1S/C29H43N5/c1-22(2)16-18-33(26-15-9-11-23-12-10-17-30-28(23)26)19-27-31-24-13-7-8-14-25(24)34(27)21-29(3,4)20-32(5)6/h7-8,10,12-14,17,22,26H,9,11,15-16,18-21H2,1-6H3. The van der Waals surface area contributed by atoms with Crippen LogP contribution < -0.4 is 0 Å². The Morgan fingerprint density at radius 3 is 2.68 bits per heavy atom. The summed E-state index contributed by atoms with van der Waals surface area (Å²) >= 11 is 0. The highest BCUT2D eigenvalue weighted by molar-refractivity contribution is 5.75. The van der Waals surface area contributed by atoms with Crippen LogP contribution in [-0.2, 0) is 19.5 Å². The second-order valence-corrected chi connectivity index (χ2v) is 11.6. The van der Waals surface area contributed by atoms with Gasteiger partial charge in [-0.05, 0) is 81.4 Å². The third-order valence-corrected chi connectivity index (χ3v) is 7.01. The topological polar surface area (TPSA) is 37.2 Å². The number of nitrogens with zero attached hydrogens (tertiary/aromatic N) is 5. The lowest BCUT2D eigenvalue weighted by atomic mass is 9.90. The van der Waals surface area contributed by atoms with Crippen LogP contribution in [0.2, 0.25) is 0 Å². The summed E-state index contributed by atoms with van der Waals surface area (Å²) < 4.78 is 2.49. The SMILES string of the molecule is CC(C)CCN(Cc1nc2ccccc2n1CC(C)(C)CN(C)C)C1CCCc2cccnc21. The number of hydrogen-bond acceptors (Lipinski definition) is 4. The molecule has 4 rings (SSSR count). The molecule has 5 heteroatoms. The molecule has 1 aliphatic rings. The molecule has 0 aliphatic heterocycles. The van der Waals surface area contributed by atoms with Gasteiger partial charge in [0.2, 0.25) is 0 Å². The first-order valence-electron chi connectivity index (χ1n) is 13.0. The zero-order valence-electron chi connectivity index (χ0n) is 22.1. The Hall–Kier alpha value is -2.24. The molecular weight excluding hydrogens is 418 g/mol. The summed E-state index contributed by atoms with van der Waals surface area (Å²) in [7, 11) is 4.33. The van der Waals surface area contributed by atoms with E-state index < -0.39 is 0 Å². The van der Waals surface area contributed by atoms with Gasteiger partial charge in [0.05, 0.1) is 29.3 Å². The smallest absolute Gasteiger partial charge is 0.124 e. The summed E-state index contributed by atoms with van der Waals surface area (Å²) in [6.45, 7) is 13.3. The zero-order valence-corrected chi connectivity index (χ0v) is 22.1. The number of aromatic nitrogens is 3. The first-order valence-corrected chi connectivity index (χ1v) is 13.0. The van der Waals surface area contributed by atoms with Gasteiger partial charge < -0.3 is 9.47 Å². The molecule has 3 aromatic rings. The van der Waals surface area contributed by atoms with Gasteiger partial charge in [-0.1, -0.05) is 45.9 Å². The molecule has 5 nitrogen and oxygen atoms in total. The van der Waals surface area contributed by atoms with E-state index in [1.165, 1.54) is 41.9 Å². The van der Waals surface area contributed by atoms with Crippen molar-refractivity contribution in [2.75, 3.05) is 27.2 Å². The molecule has 1 aromatic carbocycles. The van der Waals surface area contributed by atoms with Crippen molar-refractivity contribution in [3.8, 4) is 0 Å². The van der Waals surface area contributed by atoms with Gasteiger partial charge in [0.1, 0.15) is 5.82 Å². The van der Waals surface area contributed by atoms with Crippen LogP contribution in [-0.4, -0.2) is 51.5 Å². The van der Waals surface area contributed by atoms with E-state index in [0.29, 0.717) is 12.0 Å². The number of rotatable bonds is 10. The Morgan fingerprint density at radius 2 is 1.91 bits per heavy atom. The summed E-state index contributed by atoms with van der Waals surface area (Å²) in [4.78, 5) is 15.0. The molecule has 1 aliphatic carbocycles. The van der Waals surface area contributed by atoms with Crippen LogP contribution >= 0.6 is 0 Å². The van der Waals surface area contributed by atoms with Crippen molar-refractivity contribution in [1.29, 1.82) is 0 Å². The van der Waals surface area contributed by atoms with Gasteiger partial charge in [-0.25, -0.2) is 4.98 Å². The van der Waals surface area contributed by atoms with E-state index in [4.69, 9.17) is 9.97 Å². The van der Waals surface area contributed by atoms with Crippen molar-refractivity contribution in [3.05, 3.63) is 59.7 Å². The van der Waals surface area contributed by atoms with E-state index in [-0.39, 0.29) is 5.41 Å². The van der Waals surface area contributed by atoms with Gasteiger partial charge in [0.15, 0.2) is 0 Å². The van der Waals surface area contributed by atoms with Crippen LogP contribution in [0.5, 0.6) is 0 Å². The predicted octanol–water partition coefficient (Wildman–Crippen LogP) is 5.94. The first-order chi connectivity index (χ1) is 16.2. The van der Waals surface area contributed by atoms with Gasteiger partial charge >= 0.3 is 0 Å². The molecule has 2 heterocycles. The average Bonchev–Trinajstić information content (AvgIpc) is 3.11. The fourth-order valence-electron chi connectivity index (χ4n) is 5.65. The minimum Gasteiger partial charge on any atom is -0.326 e. The highest BCUT2D eigenvalue weighted by Gasteiger charge is 2.29. The maximum Gasteiger partial charge on any atom is 0.124 e. The van der Waals surface area contributed by atoms with Crippen molar-refractivity contribution < 1.29 is 0 Å². The van der Waals surface area contributed by atoms with Gasteiger partial charge in [-0.2, -0.15) is 0 Å². The van der Waals surface area contributed by atoms with Crippen LogP contribution in [0.3, 0.4) is 0 Å². The molecule has 0 amide bonds. The molecule has 2 aromatic heterocycles. The Bertz CT molecular complexity index is 1080. The molecule has 0 saturated carbocycles. The van der Waals surface area contributed by atoms with E-state index in [2.05, 4.69) is 92.6 Å². The van der Waals surface area contributed by atoms with Crippen molar-refractivity contribution in [2.45, 2.75) is 72.5 Å². The Labute approximate surface area is 206 Å². The predicted molar refractivity (Wildman–Crippen MR) is 142 cm³/mol. The Kier molecular flexibility index (Phi) is 7.73. The van der Waals surface area contributed by atoms with Crippen molar-refractivity contribution >= 4 is 11.0 Å². The minimum absolute atomic E-state index is 0.142. The van der Waals surface area contributed by atoms with Gasteiger partial charge in [-0.15, -0.1) is 0 Å². The molecule has 0 N–H and O–H groups in total. The number of aryl methyl sites for hydroxylation is 1. The third kappa shape index (κ3) is 5.87. The summed E-state index contributed by atoms with van der Waals surface area (Å²) in [5, 5.41) is 0.